The van der Waals surface area contributed by atoms with Gasteiger partial charge in [0.05, 0.1) is 6.54 Å². The van der Waals surface area contributed by atoms with Gasteiger partial charge in [-0.3, -0.25) is 0 Å². The van der Waals surface area contributed by atoms with Gasteiger partial charge in [-0.15, -0.1) is 0 Å². The molecule has 0 radical (unpaired) electrons. The fraction of sp³-hybridized carbons (Fsp3) is 0.700. The molecule has 160 valence electrons. The Bertz CT molecular complexity index is 647. The molecule has 0 bridgehead atoms. The summed E-state index contributed by atoms with van der Waals surface area (Å²) in [6.07, 6.45) is -0.338. The van der Waals surface area contributed by atoms with Crippen LogP contribution in [0, 0.1) is 6.92 Å². The minimum atomic E-state index is -1.21. The number of likely N-dealkylation sites (N-methyl/N-ethyl adjacent to an activating group) is 1. The minimum Gasteiger partial charge on any atom is -0.463 e. The van der Waals surface area contributed by atoms with E-state index in [0.29, 0.717) is 37.9 Å². The van der Waals surface area contributed by atoms with Crippen molar-refractivity contribution in [2.45, 2.75) is 59.7 Å². The molecule has 1 aromatic heterocycles. The van der Waals surface area contributed by atoms with Gasteiger partial charge in [0.1, 0.15) is 22.7 Å². The van der Waals surface area contributed by atoms with E-state index in [1.54, 1.807) is 17.9 Å². The summed E-state index contributed by atoms with van der Waals surface area (Å²) in [4.78, 5) is 18.3. The number of hydrogen-bond donors (Lipinski definition) is 3. The van der Waals surface area contributed by atoms with E-state index in [-0.39, 0.29) is 12.6 Å². The molecule has 1 amide bonds. The van der Waals surface area contributed by atoms with Gasteiger partial charge >= 0.3 is 6.09 Å². The summed E-state index contributed by atoms with van der Waals surface area (Å²) in [6.45, 7) is 15.3. The highest BCUT2D eigenvalue weighted by Gasteiger charge is 2.27. The third-order valence-electron chi connectivity index (χ3n) is 3.87. The smallest absolute Gasteiger partial charge is 0.410 e. The second-order valence-corrected chi connectivity index (χ2v) is 7.87. The first kappa shape index (κ1) is 23.8. The molecule has 0 aliphatic carbocycles. The van der Waals surface area contributed by atoms with Crippen LogP contribution in [0.5, 0.6) is 0 Å². The van der Waals surface area contributed by atoms with Crippen LogP contribution in [-0.4, -0.2) is 60.4 Å². The monoisotopic (exact) mass is 396 g/mol. The van der Waals surface area contributed by atoms with Crippen LogP contribution in [0.25, 0.3) is 0 Å². The summed E-state index contributed by atoms with van der Waals surface area (Å²) in [6, 6.07) is 3.57. The standard InChI is InChI=1S/C20H36N4O4/c1-8-21-17(23-14-20(7,26)16-11-10-15(3)27-16)22-12-13-24(9-2)18(25)28-19(4,5)6/h10-11,26H,8-9,12-14H2,1-7H3,(H2,21,22,23). The van der Waals surface area contributed by atoms with Crippen LogP contribution in [0.4, 0.5) is 4.79 Å². The van der Waals surface area contributed by atoms with E-state index in [9.17, 15) is 9.90 Å². The largest absolute Gasteiger partial charge is 0.463 e. The average Bonchev–Trinajstić information content (AvgIpc) is 3.02. The molecule has 0 spiro atoms. The van der Waals surface area contributed by atoms with E-state index < -0.39 is 11.2 Å². The quantitative estimate of drug-likeness (QED) is 0.461. The van der Waals surface area contributed by atoms with Crippen molar-refractivity contribution in [1.82, 2.24) is 15.5 Å². The Morgan fingerprint density at radius 3 is 2.43 bits per heavy atom. The number of carbonyl (C=O) groups excluding carboxylic acids is 1. The number of aliphatic imine (C=N–C) groups is 1. The van der Waals surface area contributed by atoms with E-state index >= 15 is 0 Å². The Hall–Kier alpha value is -2.22. The van der Waals surface area contributed by atoms with Crippen LogP contribution < -0.4 is 10.6 Å². The zero-order valence-electron chi connectivity index (χ0n) is 18.3. The van der Waals surface area contributed by atoms with Crippen molar-refractivity contribution in [2.75, 3.05) is 32.7 Å². The van der Waals surface area contributed by atoms with Crippen LogP contribution in [0.3, 0.4) is 0 Å². The number of ether oxygens (including phenoxy) is 1. The van der Waals surface area contributed by atoms with Crippen molar-refractivity contribution in [3.63, 3.8) is 0 Å². The van der Waals surface area contributed by atoms with E-state index in [1.807, 2.05) is 47.6 Å². The molecule has 8 nitrogen and oxygen atoms in total. The molecule has 1 rings (SSSR count). The number of nitrogens with zero attached hydrogens (tertiary/aromatic N) is 2. The number of guanidine groups is 1. The average molecular weight is 397 g/mol. The third kappa shape index (κ3) is 8.21. The van der Waals surface area contributed by atoms with Gasteiger partial charge in [0.25, 0.3) is 0 Å². The fourth-order valence-corrected chi connectivity index (χ4v) is 2.39. The summed E-state index contributed by atoms with van der Waals surface area (Å²) in [5.74, 6) is 1.78. The molecule has 0 aromatic carbocycles. The molecule has 28 heavy (non-hydrogen) atoms. The summed E-state index contributed by atoms with van der Waals surface area (Å²) in [5, 5.41) is 16.9. The molecule has 1 unspecified atom stereocenters. The predicted molar refractivity (Wildman–Crippen MR) is 110 cm³/mol. The minimum absolute atomic E-state index is 0.138. The Morgan fingerprint density at radius 1 is 1.25 bits per heavy atom. The Balaban J connectivity index is 2.64. The maximum absolute atomic E-state index is 12.2. The van der Waals surface area contributed by atoms with Crippen LogP contribution in [-0.2, 0) is 10.3 Å². The highest BCUT2D eigenvalue weighted by atomic mass is 16.6. The summed E-state index contributed by atoms with van der Waals surface area (Å²) >= 11 is 0. The topological polar surface area (TPSA) is 99.3 Å². The van der Waals surface area contributed by atoms with Gasteiger partial charge in [0.15, 0.2) is 5.96 Å². The lowest BCUT2D eigenvalue weighted by molar-refractivity contribution is 0.0264. The lowest BCUT2D eigenvalue weighted by Gasteiger charge is -2.27. The second-order valence-electron chi connectivity index (χ2n) is 7.87. The Labute approximate surface area is 168 Å². The van der Waals surface area contributed by atoms with Crippen molar-refractivity contribution >= 4 is 12.1 Å². The molecule has 0 aliphatic heterocycles. The van der Waals surface area contributed by atoms with Gasteiger partial charge in [-0.1, -0.05) is 0 Å². The number of hydrogen-bond acceptors (Lipinski definition) is 5. The first-order valence-corrected chi connectivity index (χ1v) is 9.78. The maximum atomic E-state index is 12.2. The summed E-state index contributed by atoms with van der Waals surface area (Å²) < 4.78 is 10.9. The SMILES string of the molecule is CCNC(=NCC(C)(O)c1ccc(C)o1)NCCN(CC)C(=O)OC(C)(C)C. The van der Waals surface area contributed by atoms with Gasteiger partial charge in [-0.2, -0.15) is 0 Å². The first-order valence-electron chi connectivity index (χ1n) is 9.78. The number of carbonyl (C=O) groups is 1. The van der Waals surface area contributed by atoms with E-state index in [2.05, 4.69) is 15.6 Å². The van der Waals surface area contributed by atoms with Crippen molar-refractivity contribution in [3.05, 3.63) is 23.7 Å². The number of furan rings is 1. The summed E-state index contributed by atoms with van der Waals surface area (Å²) in [7, 11) is 0. The maximum Gasteiger partial charge on any atom is 0.410 e. The molecule has 0 saturated heterocycles. The van der Waals surface area contributed by atoms with Gasteiger partial charge < -0.3 is 29.8 Å². The predicted octanol–water partition coefficient (Wildman–Crippen LogP) is 2.61. The zero-order chi connectivity index (χ0) is 21.4. The van der Waals surface area contributed by atoms with Gasteiger partial charge in [0.2, 0.25) is 0 Å². The van der Waals surface area contributed by atoms with Gasteiger partial charge in [-0.25, -0.2) is 9.79 Å². The Kier molecular flexibility index (Phi) is 8.81. The Morgan fingerprint density at radius 2 is 1.93 bits per heavy atom. The van der Waals surface area contributed by atoms with Crippen molar-refractivity contribution in [2.24, 2.45) is 4.99 Å². The summed E-state index contributed by atoms with van der Waals surface area (Å²) in [5.41, 5.74) is -1.73. The van der Waals surface area contributed by atoms with Crippen molar-refractivity contribution < 1.29 is 19.1 Å². The normalized spacial score (nSPS) is 14.4. The lowest BCUT2D eigenvalue weighted by atomic mass is 10.0. The van der Waals surface area contributed by atoms with Crippen LogP contribution >= 0.6 is 0 Å². The molecule has 1 heterocycles. The highest BCUT2D eigenvalue weighted by molar-refractivity contribution is 5.79. The lowest BCUT2D eigenvalue weighted by Crippen LogP contribution is -2.44. The van der Waals surface area contributed by atoms with E-state index in [4.69, 9.17) is 9.15 Å². The molecular weight excluding hydrogens is 360 g/mol. The molecule has 8 heteroatoms. The highest BCUT2D eigenvalue weighted by Crippen LogP contribution is 2.23. The number of aliphatic hydroxyl groups is 1. The van der Waals surface area contributed by atoms with Crippen molar-refractivity contribution in [3.8, 4) is 0 Å². The van der Waals surface area contributed by atoms with E-state index in [0.717, 1.165) is 5.76 Å². The number of nitrogens with one attached hydrogen (secondary N) is 2. The third-order valence-corrected chi connectivity index (χ3v) is 3.87. The molecule has 1 aromatic rings. The molecule has 0 saturated carbocycles. The van der Waals surface area contributed by atoms with Crippen molar-refractivity contribution in [1.29, 1.82) is 0 Å². The number of rotatable bonds is 8. The van der Waals surface area contributed by atoms with Gasteiger partial charge in [-0.05, 0) is 60.6 Å². The van der Waals surface area contributed by atoms with Crippen LogP contribution in [0.15, 0.2) is 21.5 Å². The first-order chi connectivity index (χ1) is 13.0. The van der Waals surface area contributed by atoms with E-state index in [1.165, 1.54) is 0 Å². The van der Waals surface area contributed by atoms with Crippen LogP contribution in [0.2, 0.25) is 0 Å². The molecule has 1 atom stereocenters. The zero-order valence-corrected chi connectivity index (χ0v) is 18.3. The second kappa shape index (κ2) is 10.4. The molecule has 3 N–H and O–H groups in total. The molecular formula is C20H36N4O4. The molecule has 0 fully saturated rings. The number of amides is 1. The van der Waals surface area contributed by atoms with Crippen LogP contribution in [0.1, 0.15) is 53.1 Å². The van der Waals surface area contributed by atoms with Gasteiger partial charge in [0, 0.05) is 26.2 Å². The fourth-order valence-electron chi connectivity index (χ4n) is 2.39. The molecule has 0 aliphatic rings. The number of aryl methyl sites for hydroxylation is 1.